The predicted molar refractivity (Wildman–Crippen MR) is 91.9 cm³/mol. The Kier molecular flexibility index (Phi) is 6.23. The van der Waals surface area contributed by atoms with Crippen LogP contribution in [0.25, 0.3) is 0 Å². The highest BCUT2D eigenvalue weighted by Gasteiger charge is 2.35. The van der Waals surface area contributed by atoms with Crippen LogP contribution in [0.1, 0.15) is 33.3 Å². The summed E-state index contributed by atoms with van der Waals surface area (Å²) < 4.78 is 43.3. The van der Waals surface area contributed by atoms with Gasteiger partial charge in [-0.15, -0.1) is 0 Å². The van der Waals surface area contributed by atoms with Crippen LogP contribution in [0.2, 0.25) is 0 Å². The van der Waals surface area contributed by atoms with Crippen molar-refractivity contribution in [2.75, 3.05) is 26.4 Å². The molecule has 1 fully saturated rings. The lowest BCUT2D eigenvalue weighted by Gasteiger charge is -2.41. The maximum absolute atomic E-state index is 13.6. The second-order valence-corrected chi connectivity index (χ2v) is 7.32. The Morgan fingerprint density at radius 2 is 2.15 bits per heavy atom. The van der Waals surface area contributed by atoms with E-state index in [0.717, 1.165) is 6.07 Å². The summed E-state index contributed by atoms with van der Waals surface area (Å²) in [6.45, 7) is 7.71. The number of halogens is 2. The van der Waals surface area contributed by atoms with E-state index in [-0.39, 0.29) is 31.2 Å². The molecular formula is C18H23F2N3O4. The summed E-state index contributed by atoms with van der Waals surface area (Å²) in [6, 6.07) is 3.18. The fourth-order valence-corrected chi connectivity index (χ4v) is 2.50. The van der Waals surface area contributed by atoms with E-state index < -0.39 is 29.1 Å². The maximum atomic E-state index is 13.6. The van der Waals surface area contributed by atoms with Gasteiger partial charge in [0.05, 0.1) is 13.2 Å². The molecule has 0 bridgehead atoms. The molecule has 27 heavy (non-hydrogen) atoms. The van der Waals surface area contributed by atoms with Gasteiger partial charge in [-0.3, -0.25) is 5.32 Å². The third kappa shape index (κ3) is 5.77. The first-order valence-electron chi connectivity index (χ1n) is 8.42. The van der Waals surface area contributed by atoms with Gasteiger partial charge in [0.2, 0.25) is 0 Å². The number of nitrogens with zero attached hydrogens (tertiary/aromatic N) is 2. The standard InChI is InChI=1S/C18H23F2N3O4/c1-17(2,3)27-16(24)23-5-6-26-18(4,10-23)22-11-25-15-8-12(19)7-14(20)13(15)9-21/h7-8,22H,5-6,10-11H2,1-4H3. The molecule has 1 atom stereocenters. The Balaban J connectivity index is 1.97. The van der Waals surface area contributed by atoms with Crippen LogP contribution < -0.4 is 10.1 Å². The van der Waals surface area contributed by atoms with Crippen LogP contribution in [0.5, 0.6) is 5.75 Å². The molecule has 9 heteroatoms. The Morgan fingerprint density at radius 3 is 2.78 bits per heavy atom. The second-order valence-electron chi connectivity index (χ2n) is 7.32. The van der Waals surface area contributed by atoms with Gasteiger partial charge >= 0.3 is 6.09 Å². The minimum Gasteiger partial charge on any atom is -0.477 e. The smallest absolute Gasteiger partial charge is 0.410 e. The van der Waals surface area contributed by atoms with Crippen molar-refractivity contribution in [3.8, 4) is 11.8 Å². The van der Waals surface area contributed by atoms with Gasteiger partial charge in [0.15, 0.2) is 0 Å². The molecule has 0 spiro atoms. The van der Waals surface area contributed by atoms with E-state index in [2.05, 4.69) is 5.32 Å². The average molecular weight is 383 g/mol. The first-order valence-corrected chi connectivity index (χ1v) is 8.42. The van der Waals surface area contributed by atoms with Gasteiger partial charge in [0.25, 0.3) is 0 Å². The number of hydrogen-bond acceptors (Lipinski definition) is 6. The summed E-state index contributed by atoms with van der Waals surface area (Å²) in [4.78, 5) is 13.7. The summed E-state index contributed by atoms with van der Waals surface area (Å²) in [5, 5.41) is 11.9. The third-order valence-corrected chi connectivity index (χ3v) is 3.73. The van der Waals surface area contributed by atoms with Crippen LogP contribution in [-0.2, 0) is 9.47 Å². The lowest BCUT2D eigenvalue weighted by atomic mass is 10.2. The lowest BCUT2D eigenvalue weighted by Crippen LogP contribution is -2.60. The van der Waals surface area contributed by atoms with Crippen LogP contribution in [0.4, 0.5) is 13.6 Å². The van der Waals surface area contributed by atoms with Gasteiger partial charge in [-0.05, 0) is 27.7 Å². The normalized spacial score (nSPS) is 20.1. The molecule has 1 aliphatic heterocycles. The van der Waals surface area contributed by atoms with E-state index in [1.807, 2.05) is 0 Å². The largest absolute Gasteiger partial charge is 0.477 e. The first-order chi connectivity index (χ1) is 12.5. The van der Waals surface area contributed by atoms with Crippen LogP contribution in [0, 0.1) is 23.0 Å². The van der Waals surface area contributed by atoms with Crippen molar-refractivity contribution in [2.45, 2.75) is 39.0 Å². The number of nitriles is 1. The first kappa shape index (κ1) is 20.9. The van der Waals surface area contributed by atoms with Crippen molar-refractivity contribution < 1.29 is 27.8 Å². The summed E-state index contributed by atoms with van der Waals surface area (Å²) >= 11 is 0. The number of morpholine rings is 1. The van der Waals surface area contributed by atoms with Crippen LogP contribution in [0.15, 0.2) is 12.1 Å². The molecule has 0 saturated carbocycles. The number of amides is 1. The number of carbonyl (C=O) groups is 1. The summed E-state index contributed by atoms with van der Waals surface area (Å²) in [5.74, 6) is -2.06. The Morgan fingerprint density at radius 1 is 1.44 bits per heavy atom. The molecule has 0 aliphatic carbocycles. The number of nitrogens with one attached hydrogen (secondary N) is 1. The quantitative estimate of drug-likeness (QED) is 0.805. The molecule has 0 radical (unpaired) electrons. The fraction of sp³-hybridized carbons (Fsp3) is 0.556. The molecule has 0 aromatic heterocycles. The molecule has 148 valence electrons. The second kappa shape index (κ2) is 8.06. The fourth-order valence-electron chi connectivity index (χ4n) is 2.50. The molecule has 1 aromatic rings. The van der Waals surface area contributed by atoms with Gasteiger partial charge in [0, 0.05) is 18.7 Å². The van der Waals surface area contributed by atoms with Gasteiger partial charge in [0.1, 0.15) is 47.1 Å². The molecule has 1 N–H and O–H groups in total. The van der Waals surface area contributed by atoms with Gasteiger partial charge in [-0.1, -0.05) is 0 Å². The zero-order chi connectivity index (χ0) is 20.2. The van der Waals surface area contributed by atoms with Crippen molar-refractivity contribution in [3.63, 3.8) is 0 Å². The molecule has 1 aliphatic rings. The van der Waals surface area contributed by atoms with Crippen molar-refractivity contribution in [1.29, 1.82) is 5.26 Å². The van der Waals surface area contributed by atoms with E-state index in [0.29, 0.717) is 12.6 Å². The van der Waals surface area contributed by atoms with E-state index in [9.17, 15) is 13.6 Å². The molecular weight excluding hydrogens is 360 g/mol. The van der Waals surface area contributed by atoms with Gasteiger partial charge in [-0.25, -0.2) is 13.6 Å². The molecule has 7 nitrogen and oxygen atoms in total. The number of benzene rings is 1. The maximum Gasteiger partial charge on any atom is 0.410 e. The lowest BCUT2D eigenvalue weighted by molar-refractivity contribution is -0.122. The average Bonchev–Trinajstić information content (AvgIpc) is 2.52. The van der Waals surface area contributed by atoms with Crippen molar-refractivity contribution in [2.24, 2.45) is 0 Å². The molecule has 1 saturated heterocycles. The minimum absolute atomic E-state index is 0.184. The number of carbonyl (C=O) groups excluding carboxylic acids is 1. The van der Waals surface area contributed by atoms with E-state index >= 15 is 0 Å². The van der Waals surface area contributed by atoms with Crippen molar-refractivity contribution in [3.05, 3.63) is 29.3 Å². The Bertz CT molecular complexity index is 745. The highest BCUT2D eigenvalue weighted by molar-refractivity contribution is 5.68. The van der Waals surface area contributed by atoms with Crippen LogP contribution in [0.3, 0.4) is 0 Å². The number of rotatable bonds is 4. The molecule has 1 amide bonds. The Labute approximate surface area is 156 Å². The number of hydrogen-bond donors (Lipinski definition) is 1. The summed E-state index contributed by atoms with van der Waals surface area (Å²) in [6.07, 6.45) is -0.460. The highest BCUT2D eigenvalue weighted by Crippen LogP contribution is 2.23. The zero-order valence-corrected chi connectivity index (χ0v) is 15.8. The molecule has 1 heterocycles. The summed E-state index contributed by atoms with van der Waals surface area (Å²) in [7, 11) is 0. The van der Waals surface area contributed by atoms with E-state index in [1.54, 1.807) is 33.8 Å². The Hall–Kier alpha value is -2.44. The topological polar surface area (TPSA) is 83.8 Å². The minimum atomic E-state index is -0.997. The van der Waals surface area contributed by atoms with E-state index in [1.165, 1.54) is 4.90 Å². The molecule has 1 unspecified atom stereocenters. The molecule has 1 aromatic carbocycles. The predicted octanol–water partition coefficient (Wildman–Crippen LogP) is 2.75. The summed E-state index contributed by atoms with van der Waals surface area (Å²) in [5.41, 5.74) is -1.95. The highest BCUT2D eigenvalue weighted by atomic mass is 19.1. The monoisotopic (exact) mass is 383 g/mol. The van der Waals surface area contributed by atoms with Crippen LogP contribution >= 0.6 is 0 Å². The van der Waals surface area contributed by atoms with Crippen LogP contribution in [-0.4, -0.2) is 48.7 Å². The SMILES string of the molecule is CC(C)(C)OC(=O)N1CCOC(C)(NCOc2cc(F)cc(F)c2C#N)C1. The molecule has 2 rings (SSSR count). The third-order valence-electron chi connectivity index (χ3n) is 3.73. The number of ether oxygens (including phenoxy) is 3. The van der Waals surface area contributed by atoms with Crippen molar-refractivity contribution >= 4 is 6.09 Å². The van der Waals surface area contributed by atoms with Gasteiger partial charge in [-0.2, -0.15) is 5.26 Å². The zero-order valence-electron chi connectivity index (χ0n) is 15.8. The van der Waals surface area contributed by atoms with Gasteiger partial charge < -0.3 is 19.1 Å². The van der Waals surface area contributed by atoms with Crippen molar-refractivity contribution in [1.82, 2.24) is 10.2 Å². The van der Waals surface area contributed by atoms with E-state index in [4.69, 9.17) is 19.5 Å².